The average Bonchev–Trinajstić information content (AvgIpc) is 2.71. The molecule has 2 aromatic carbocycles. The van der Waals surface area contributed by atoms with E-state index in [4.69, 9.17) is 9.47 Å². The molecule has 0 fully saturated rings. The summed E-state index contributed by atoms with van der Waals surface area (Å²) in [5, 5.41) is 13.6. The van der Waals surface area contributed by atoms with Crippen molar-refractivity contribution < 1.29 is 19.2 Å². The number of benzene rings is 2. The molecule has 0 atom stereocenters. The third-order valence-corrected chi connectivity index (χ3v) is 4.12. The molecule has 1 N–H and O–H groups in total. The van der Waals surface area contributed by atoms with Gasteiger partial charge in [-0.25, -0.2) is 0 Å². The van der Waals surface area contributed by atoms with Crippen molar-refractivity contribution in [2.75, 3.05) is 19.5 Å². The topological polar surface area (TPSA) is 90.7 Å². The van der Waals surface area contributed by atoms with Crippen molar-refractivity contribution in [3.8, 4) is 11.5 Å². The van der Waals surface area contributed by atoms with Crippen LogP contribution in [0.4, 0.5) is 5.69 Å². The number of amides is 1. The zero-order valence-corrected chi connectivity index (χ0v) is 16.8. The van der Waals surface area contributed by atoms with Gasteiger partial charge in [0.15, 0.2) is 0 Å². The number of nitro groups is 1. The fourth-order valence-electron chi connectivity index (χ4n) is 2.51. The van der Waals surface area contributed by atoms with E-state index in [1.54, 1.807) is 19.2 Å². The highest BCUT2D eigenvalue weighted by Crippen LogP contribution is 2.31. The van der Waals surface area contributed by atoms with Gasteiger partial charge in [-0.15, -0.1) is 0 Å². The molecule has 29 heavy (non-hydrogen) atoms. The molecule has 2 aromatic rings. The van der Waals surface area contributed by atoms with E-state index in [9.17, 15) is 14.9 Å². The molecule has 7 heteroatoms. The Morgan fingerprint density at radius 2 is 1.76 bits per heavy atom. The van der Waals surface area contributed by atoms with Crippen LogP contribution in [-0.2, 0) is 4.79 Å². The molecule has 0 aromatic heterocycles. The first-order valence-corrected chi connectivity index (χ1v) is 9.00. The third kappa shape index (κ3) is 6.21. The van der Waals surface area contributed by atoms with Crippen LogP contribution in [0, 0.1) is 16.0 Å². The number of hydrogen-bond donors (Lipinski definition) is 1. The van der Waals surface area contributed by atoms with Gasteiger partial charge in [-0.3, -0.25) is 14.9 Å². The van der Waals surface area contributed by atoms with Crippen LogP contribution in [0.15, 0.2) is 42.6 Å². The number of ether oxygens (including phenoxy) is 2. The van der Waals surface area contributed by atoms with Gasteiger partial charge < -0.3 is 14.8 Å². The van der Waals surface area contributed by atoms with Crippen molar-refractivity contribution in [3.63, 3.8) is 0 Å². The molecule has 1 amide bonds. The minimum atomic E-state index is -0.526. The van der Waals surface area contributed by atoms with Crippen LogP contribution in [-0.4, -0.2) is 25.1 Å². The number of anilines is 1. The van der Waals surface area contributed by atoms with Crippen LogP contribution >= 0.6 is 0 Å². The van der Waals surface area contributed by atoms with Crippen molar-refractivity contribution in [1.29, 1.82) is 0 Å². The first-order valence-electron chi connectivity index (χ1n) is 9.00. The molecule has 0 bridgehead atoms. The summed E-state index contributed by atoms with van der Waals surface area (Å²) in [4.78, 5) is 22.0. The van der Waals surface area contributed by atoms with Gasteiger partial charge in [-0.1, -0.05) is 38.1 Å². The van der Waals surface area contributed by atoms with Crippen molar-refractivity contribution in [3.05, 3.63) is 69.4 Å². The lowest BCUT2D eigenvalue weighted by Gasteiger charge is -2.11. The zero-order valence-electron chi connectivity index (χ0n) is 16.8. The molecule has 2 rings (SSSR count). The molecule has 152 valence electrons. The van der Waals surface area contributed by atoms with Gasteiger partial charge >= 0.3 is 0 Å². The zero-order chi connectivity index (χ0) is 21.4. The monoisotopic (exact) mass is 396 g/mol. The van der Waals surface area contributed by atoms with E-state index < -0.39 is 4.92 Å². The maximum atomic E-state index is 11.8. The highest BCUT2D eigenvalue weighted by Gasteiger charge is 2.10. The Balaban J connectivity index is 2.33. The number of nitrogens with one attached hydrogen (secondary N) is 1. The molecule has 0 saturated heterocycles. The SMILES string of the molecule is COc1cc(/C=C/c2ccc(NC(=O)C(C)C)cc2)c(/C=C/[N+](=O)[O-])c(OC)c1. The molecule has 0 radical (unpaired) electrons. The van der Waals surface area contributed by atoms with Gasteiger partial charge in [-0.2, -0.15) is 0 Å². The van der Waals surface area contributed by atoms with E-state index >= 15 is 0 Å². The molecule has 0 spiro atoms. The first-order chi connectivity index (χ1) is 13.8. The summed E-state index contributed by atoms with van der Waals surface area (Å²) in [5.41, 5.74) is 2.90. The molecular formula is C22H24N2O5. The largest absolute Gasteiger partial charge is 0.497 e. The number of nitrogens with zero attached hydrogens (tertiary/aromatic N) is 1. The van der Waals surface area contributed by atoms with Crippen molar-refractivity contribution in [1.82, 2.24) is 0 Å². The second-order valence-electron chi connectivity index (χ2n) is 6.53. The van der Waals surface area contributed by atoms with Crippen LogP contribution < -0.4 is 14.8 Å². The van der Waals surface area contributed by atoms with Crippen LogP contribution in [0.2, 0.25) is 0 Å². The van der Waals surface area contributed by atoms with Gasteiger partial charge in [0.25, 0.3) is 0 Å². The molecule has 0 saturated carbocycles. The van der Waals surface area contributed by atoms with Crippen LogP contribution in [0.25, 0.3) is 18.2 Å². The van der Waals surface area contributed by atoms with E-state index in [1.807, 2.05) is 50.3 Å². The Labute approximate surface area is 169 Å². The van der Waals surface area contributed by atoms with E-state index in [1.165, 1.54) is 13.2 Å². The molecular weight excluding hydrogens is 372 g/mol. The highest BCUT2D eigenvalue weighted by atomic mass is 16.6. The number of rotatable bonds is 8. The van der Waals surface area contributed by atoms with Crippen molar-refractivity contribution in [2.45, 2.75) is 13.8 Å². The average molecular weight is 396 g/mol. The predicted octanol–water partition coefficient (Wildman–Crippen LogP) is 4.72. The van der Waals surface area contributed by atoms with Gasteiger partial charge in [-0.05, 0) is 29.3 Å². The minimum absolute atomic E-state index is 0.0426. The van der Waals surface area contributed by atoms with Crippen LogP contribution in [0.3, 0.4) is 0 Å². The highest BCUT2D eigenvalue weighted by molar-refractivity contribution is 5.92. The van der Waals surface area contributed by atoms with E-state index in [2.05, 4.69) is 5.32 Å². The van der Waals surface area contributed by atoms with Gasteiger partial charge in [0.1, 0.15) is 11.5 Å². The fourth-order valence-corrected chi connectivity index (χ4v) is 2.51. The molecule has 7 nitrogen and oxygen atoms in total. The lowest BCUT2D eigenvalue weighted by molar-refractivity contribution is -0.400. The lowest BCUT2D eigenvalue weighted by atomic mass is 10.0. The summed E-state index contributed by atoms with van der Waals surface area (Å²) in [6, 6.07) is 10.8. The van der Waals surface area contributed by atoms with Gasteiger partial charge in [0.05, 0.1) is 19.1 Å². The second-order valence-corrected chi connectivity index (χ2v) is 6.53. The van der Waals surface area contributed by atoms with Crippen LogP contribution in [0.5, 0.6) is 11.5 Å². The Morgan fingerprint density at radius 1 is 1.07 bits per heavy atom. The Morgan fingerprint density at radius 3 is 2.31 bits per heavy atom. The Kier molecular flexibility index (Phi) is 7.54. The number of carbonyl (C=O) groups is 1. The summed E-state index contributed by atoms with van der Waals surface area (Å²) in [6.07, 6.45) is 5.95. The normalized spacial score (nSPS) is 11.2. The molecule has 0 aliphatic heterocycles. The lowest BCUT2D eigenvalue weighted by Crippen LogP contribution is -2.17. The first kappa shape index (κ1) is 21.7. The number of carbonyl (C=O) groups excluding carboxylic acids is 1. The van der Waals surface area contributed by atoms with E-state index in [0.717, 1.165) is 17.5 Å². The molecule has 0 unspecified atom stereocenters. The van der Waals surface area contributed by atoms with Crippen LogP contribution in [0.1, 0.15) is 30.5 Å². The minimum Gasteiger partial charge on any atom is -0.497 e. The third-order valence-electron chi connectivity index (χ3n) is 4.12. The summed E-state index contributed by atoms with van der Waals surface area (Å²) >= 11 is 0. The summed E-state index contributed by atoms with van der Waals surface area (Å²) in [5.74, 6) is 0.905. The number of methoxy groups -OCH3 is 2. The maximum Gasteiger partial charge on any atom is 0.235 e. The van der Waals surface area contributed by atoms with Gasteiger partial charge in [0, 0.05) is 29.3 Å². The maximum absolute atomic E-state index is 11.8. The van der Waals surface area contributed by atoms with Crippen molar-refractivity contribution in [2.24, 2.45) is 5.92 Å². The smallest absolute Gasteiger partial charge is 0.235 e. The quantitative estimate of drug-likeness (QED) is 0.396. The number of hydrogen-bond acceptors (Lipinski definition) is 5. The fraction of sp³-hybridized carbons (Fsp3) is 0.227. The van der Waals surface area contributed by atoms with E-state index in [0.29, 0.717) is 22.6 Å². The summed E-state index contributed by atoms with van der Waals surface area (Å²) in [7, 11) is 3.04. The summed E-state index contributed by atoms with van der Waals surface area (Å²) in [6.45, 7) is 3.67. The Bertz CT molecular complexity index is 931. The predicted molar refractivity (Wildman–Crippen MR) is 114 cm³/mol. The standard InChI is InChI=1S/C22H24N2O5/c1-15(2)22(25)23-18-9-6-16(7-10-18)5-8-17-13-19(28-3)14-21(29-4)20(17)11-12-24(26)27/h5-15H,1-4H3,(H,23,25)/b8-5+,12-11+. The van der Waals surface area contributed by atoms with Gasteiger partial charge in [0.2, 0.25) is 12.1 Å². The Hall–Kier alpha value is -3.61. The van der Waals surface area contributed by atoms with Crippen molar-refractivity contribution >= 4 is 29.8 Å². The molecule has 0 aliphatic carbocycles. The van der Waals surface area contributed by atoms with E-state index in [-0.39, 0.29) is 11.8 Å². The molecule has 0 heterocycles. The summed E-state index contributed by atoms with van der Waals surface area (Å²) < 4.78 is 10.6. The molecule has 0 aliphatic rings. The second kappa shape index (κ2) is 10.1.